The minimum absolute atomic E-state index is 0.0549. The Bertz CT molecular complexity index is 2100. The molecule has 0 saturated carbocycles. The first kappa shape index (κ1) is 23.7. The number of aromatic nitrogens is 2. The Kier molecular flexibility index (Phi) is 5.17. The van der Waals surface area contributed by atoms with Gasteiger partial charge >= 0.3 is 0 Å². The average Bonchev–Trinajstić information content (AvgIpc) is 3.55. The van der Waals surface area contributed by atoms with Crippen LogP contribution in [0, 0.1) is 0 Å². The number of para-hydroxylation sites is 4. The molecule has 0 saturated heterocycles. The van der Waals surface area contributed by atoms with E-state index in [2.05, 4.69) is 137 Å². The van der Waals surface area contributed by atoms with Gasteiger partial charge in [0.15, 0.2) is 5.78 Å². The smallest absolute Gasteiger partial charge is 0.192 e. The molecule has 3 nitrogen and oxygen atoms in total. The minimum atomic E-state index is -0.271. The lowest BCUT2D eigenvalue weighted by Gasteiger charge is -2.32. The Balaban J connectivity index is 1.12. The first-order valence-corrected chi connectivity index (χ1v) is 14.1. The lowest BCUT2D eigenvalue weighted by molar-refractivity contribution is 0.103. The molecule has 8 rings (SSSR count). The van der Waals surface area contributed by atoms with Crippen molar-refractivity contribution in [3.8, 4) is 5.69 Å². The molecule has 196 valence electrons. The molecular formula is C38H28N2O. The number of rotatable bonds is 4. The molecule has 41 heavy (non-hydrogen) atoms. The van der Waals surface area contributed by atoms with Gasteiger partial charge in [0.2, 0.25) is 0 Å². The van der Waals surface area contributed by atoms with Crippen LogP contribution in [0.3, 0.4) is 0 Å². The SMILES string of the molecule is CC1(n2c3ccccc3c3ccccc32)C=CC(C(=O)c2ccc(-n3c4ccccc4c4ccccc43)cc2)=CC1. The molecule has 3 heteroatoms. The second kappa shape index (κ2) is 8.94. The second-order valence-corrected chi connectivity index (χ2v) is 11.2. The van der Waals surface area contributed by atoms with E-state index in [-0.39, 0.29) is 11.3 Å². The van der Waals surface area contributed by atoms with Gasteiger partial charge in [-0.1, -0.05) is 91.0 Å². The van der Waals surface area contributed by atoms with Crippen molar-refractivity contribution in [1.82, 2.24) is 9.13 Å². The highest BCUT2D eigenvalue weighted by molar-refractivity contribution is 6.12. The van der Waals surface area contributed by atoms with Crippen LogP contribution in [0.4, 0.5) is 0 Å². The zero-order valence-electron chi connectivity index (χ0n) is 22.8. The fraction of sp³-hybridized carbons (Fsp3) is 0.0789. The summed E-state index contributed by atoms with van der Waals surface area (Å²) in [6.45, 7) is 2.25. The summed E-state index contributed by atoms with van der Waals surface area (Å²) in [5.74, 6) is 0.0549. The van der Waals surface area contributed by atoms with E-state index in [0.29, 0.717) is 5.56 Å². The number of carbonyl (C=O) groups excluding carboxylic acids is 1. The van der Waals surface area contributed by atoms with Gasteiger partial charge in [-0.2, -0.15) is 0 Å². The third kappa shape index (κ3) is 3.56. The summed E-state index contributed by atoms with van der Waals surface area (Å²) in [5, 5.41) is 4.97. The van der Waals surface area contributed by atoms with Gasteiger partial charge in [0, 0.05) is 49.4 Å². The Morgan fingerprint density at radius 3 is 1.56 bits per heavy atom. The summed E-state index contributed by atoms with van der Waals surface area (Å²) >= 11 is 0. The molecule has 0 aliphatic heterocycles. The first-order valence-electron chi connectivity index (χ1n) is 14.1. The normalized spacial score (nSPS) is 17.0. The molecule has 2 aromatic heterocycles. The summed E-state index contributed by atoms with van der Waals surface area (Å²) < 4.78 is 4.70. The predicted octanol–water partition coefficient (Wildman–Crippen LogP) is 9.38. The zero-order chi connectivity index (χ0) is 27.6. The van der Waals surface area contributed by atoms with Gasteiger partial charge in [-0.25, -0.2) is 0 Å². The monoisotopic (exact) mass is 528 g/mol. The average molecular weight is 529 g/mol. The van der Waals surface area contributed by atoms with E-state index in [0.717, 1.165) is 28.7 Å². The molecule has 0 spiro atoms. The van der Waals surface area contributed by atoms with E-state index >= 15 is 0 Å². The van der Waals surface area contributed by atoms with Crippen molar-refractivity contribution in [3.05, 3.63) is 151 Å². The maximum Gasteiger partial charge on any atom is 0.192 e. The van der Waals surface area contributed by atoms with Crippen LogP contribution in [0.25, 0.3) is 49.3 Å². The molecule has 0 radical (unpaired) electrons. The Morgan fingerprint density at radius 2 is 1.07 bits per heavy atom. The van der Waals surface area contributed by atoms with Crippen molar-refractivity contribution < 1.29 is 4.79 Å². The van der Waals surface area contributed by atoms with Crippen LogP contribution in [-0.2, 0) is 5.54 Å². The third-order valence-corrected chi connectivity index (χ3v) is 8.68. The lowest BCUT2D eigenvalue weighted by atomic mass is 9.87. The highest BCUT2D eigenvalue weighted by atomic mass is 16.1. The summed E-state index contributed by atoms with van der Waals surface area (Å²) in [5.41, 5.74) is 6.97. The summed E-state index contributed by atoms with van der Waals surface area (Å²) in [6, 6.07) is 42.1. The fourth-order valence-corrected chi connectivity index (χ4v) is 6.66. The van der Waals surface area contributed by atoms with E-state index in [1.54, 1.807) is 0 Å². The number of nitrogens with zero attached hydrogens (tertiary/aromatic N) is 2. The van der Waals surface area contributed by atoms with Crippen LogP contribution in [0.2, 0.25) is 0 Å². The van der Waals surface area contributed by atoms with Crippen LogP contribution in [0.5, 0.6) is 0 Å². The number of hydrogen-bond donors (Lipinski definition) is 0. The Morgan fingerprint density at radius 1 is 0.610 bits per heavy atom. The predicted molar refractivity (Wildman–Crippen MR) is 170 cm³/mol. The summed E-state index contributed by atoms with van der Waals surface area (Å²) in [4.78, 5) is 13.6. The minimum Gasteiger partial charge on any atom is -0.331 e. The van der Waals surface area contributed by atoms with E-state index in [1.807, 2.05) is 18.2 Å². The van der Waals surface area contributed by atoms with E-state index < -0.39 is 0 Å². The highest BCUT2D eigenvalue weighted by Gasteiger charge is 2.29. The van der Waals surface area contributed by atoms with E-state index in [4.69, 9.17) is 0 Å². The van der Waals surface area contributed by atoms with Crippen molar-refractivity contribution in [3.63, 3.8) is 0 Å². The van der Waals surface area contributed by atoms with Gasteiger partial charge in [0.1, 0.15) is 0 Å². The molecule has 0 bridgehead atoms. The van der Waals surface area contributed by atoms with Gasteiger partial charge < -0.3 is 9.13 Å². The topological polar surface area (TPSA) is 26.9 Å². The number of Topliss-reactive ketones (excluding diaryl/α,β-unsaturated/α-hetero) is 1. The quantitative estimate of drug-likeness (QED) is 0.209. The molecule has 1 unspecified atom stereocenters. The van der Waals surface area contributed by atoms with Gasteiger partial charge in [0.25, 0.3) is 0 Å². The van der Waals surface area contributed by atoms with Gasteiger partial charge in [-0.05, 0) is 61.9 Å². The first-order chi connectivity index (χ1) is 20.1. The Labute approximate surface area is 238 Å². The largest absolute Gasteiger partial charge is 0.331 e. The van der Waals surface area contributed by atoms with Crippen molar-refractivity contribution >= 4 is 49.4 Å². The highest BCUT2D eigenvalue weighted by Crippen LogP contribution is 2.39. The number of benzene rings is 5. The molecule has 1 aliphatic rings. The molecule has 0 fully saturated rings. The van der Waals surface area contributed by atoms with Crippen LogP contribution in [0.15, 0.2) is 145 Å². The van der Waals surface area contributed by atoms with Gasteiger partial charge in [-0.15, -0.1) is 0 Å². The number of carbonyl (C=O) groups is 1. The maximum absolute atomic E-state index is 13.6. The van der Waals surface area contributed by atoms with Crippen LogP contribution < -0.4 is 0 Å². The molecule has 5 aromatic carbocycles. The molecule has 1 aliphatic carbocycles. The molecule has 0 amide bonds. The van der Waals surface area contributed by atoms with E-state index in [1.165, 1.54) is 32.6 Å². The van der Waals surface area contributed by atoms with Gasteiger partial charge in [-0.3, -0.25) is 4.79 Å². The second-order valence-electron chi connectivity index (χ2n) is 11.2. The Hall–Kier alpha value is -5.15. The van der Waals surface area contributed by atoms with Crippen LogP contribution >= 0.6 is 0 Å². The van der Waals surface area contributed by atoms with Crippen molar-refractivity contribution in [2.24, 2.45) is 0 Å². The standard InChI is InChI=1S/C38H28N2O/c1-38(40-35-16-8-4-12-31(35)32-13-5-9-17-36(32)40)24-22-27(23-25-38)37(41)26-18-20-28(21-19-26)39-33-14-6-2-10-29(33)30-11-3-7-15-34(30)39/h2-24H,25H2,1H3. The lowest BCUT2D eigenvalue weighted by Crippen LogP contribution is -2.29. The number of allylic oxidation sites excluding steroid dienone is 4. The fourth-order valence-electron chi connectivity index (χ4n) is 6.66. The zero-order valence-corrected chi connectivity index (χ0v) is 22.8. The van der Waals surface area contributed by atoms with E-state index in [9.17, 15) is 4.79 Å². The maximum atomic E-state index is 13.6. The molecule has 1 atom stereocenters. The number of hydrogen-bond acceptors (Lipinski definition) is 1. The van der Waals surface area contributed by atoms with Crippen LogP contribution in [-0.4, -0.2) is 14.9 Å². The van der Waals surface area contributed by atoms with Crippen molar-refractivity contribution in [1.29, 1.82) is 0 Å². The molecule has 0 N–H and O–H groups in total. The third-order valence-electron chi connectivity index (χ3n) is 8.68. The van der Waals surface area contributed by atoms with Crippen molar-refractivity contribution in [2.45, 2.75) is 18.9 Å². The van der Waals surface area contributed by atoms with Gasteiger partial charge in [0.05, 0.1) is 16.6 Å². The summed E-state index contributed by atoms with van der Waals surface area (Å²) in [6.07, 6.45) is 7.06. The summed E-state index contributed by atoms with van der Waals surface area (Å²) in [7, 11) is 0. The number of ketones is 1. The van der Waals surface area contributed by atoms with Crippen LogP contribution in [0.1, 0.15) is 23.7 Å². The molecular weight excluding hydrogens is 500 g/mol. The number of fused-ring (bicyclic) bond motifs is 6. The van der Waals surface area contributed by atoms with Crippen molar-refractivity contribution in [2.75, 3.05) is 0 Å². The molecule has 2 heterocycles. The molecule has 7 aromatic rings.